The van der Waals surface area contributed by atoms with Crippen molar-refractivity contribution in [3.05, 3.63) is 57.9 Å². The van der Waals surface area contributed by atoms with Crippen molar-refractivity contribution in [2.45, 2.75) is 38.5 Å². The highest BCUT2D eigenvalue weighted by molar-refractivity contribution is 7.12. The van der Waals surface area contributed by atoms with E-state index in [1.807, 2.05) is 36.9 Å². The number of aliphatic carboxylic acids is 1. The molecule has 0 radical (unpaired) electrons. The van der Waals surface area contributed by atoms with E-state index < -0.39 is 23.8 Å². The van der Waals surface area contributed by atoms with Crippen LogP contribution >= 0.6 is 11.3 Å². The van der Waals surface area contributed by atoms with Crippen molar-refractivity contribution in [1.29, 1.82) is 0 Å². The van der Waals surface area contributed by atoms with Gasteiger partial charge in [0.25, 0.3) is 0 Å². The van der Waals surface area contributed by atoms with Gasteiger partial charge >= 0.3 is 12.1 Å². The maximum absolute atomic E-state index is 13.9. The predicted molar refractivity (Wildman–Crippen MR) is 151 cm³/mol. The van der Waals surface area contributed by atoms with Gasteiger partial charge in [-0.05, 0) is 44.2 Å². The van der Waals surface area contributed by atoms with E-state index in [4.69, 9.17) is 14.5 Å². The van der Waals surface area contributed by atoms with Gasteiger partial charge in [-0.2, -0.15) is 13.2 Å². The molecule has 1 fully saturated rings. The number of benzene rings is 1. The molecule has 0 spiro atoms. The summed E-state index contributed by atoms with van der Waals surface area (Å²) in [5, 5.41) is 9.91. The van der Waals surface area contributed by atoms with E-state index in [9.17, 15) is 23.1 Å². The van der Waals surface area contributed by atoms with E-state index in [1.54, 1.807) is 18.2 Å². The fourth-order valence-corrected chi connectivity index (χ4v) is 6.43. The summed E-state index contributed by atoms with van der Waals surface area (Å²) in [5.74, 6) is -0.00569. The van der Waals surface area contributed by atoms with Gasteiger partial charge in [0.05, 0.1) is 48.5 Å². The van der Waals surface area contributed by atoms with Crippen LogP contribution in [0.3, 0.4) is 0 Å². The maximum atomic E-state index is 13.9. The number of rotatable bonds is 6. The highest BCUT2D eigenvalue weighted by Crippen LogP contribution is 2.48. The van der Waals surface area contributed by atoms with Crippen LogP contribution in [0.15, 0.2) is 47.6 Å². The number of aliphatic imine (C=N–C) groups is 1. The molecule has 2 aromatic heterocycles. The van der Waals surface area contributed by atoms with Crippen LogP contribution in [0.2, 0.25) is 0 Å². The first kappa shape index (κ1) is 28.5. The number of carboxylic acid groups (broad SMARTS) is 1. The van der Waals surface area contributed by atoms with E-state index in [0.29, 0.717) is 42.0 Å². The van der Waals surface area contributed by atoms with E-state index in [2.05, 4.69) is 9.88 Å². The molecule has 5 rings (SSSR count). The minimum Gasteiger partial charge on any atom is -0.495 e. The Morgan fingerprint density at radius 3 is 2.59 bits per heavy atom. The highest BCUT2D eigenvalue weighted by atomic mass is 32.1. The number of anilines is 2. The second-order valence-electron chi connectivity index (χ2n) is 9.93. The molecule has 1 aromatic carbocycles. The van der Waals surface area contributed by atoms with Gasteiger partial charge in [-0.1, -0.05) is 0 Å². The summed E-state index contributed by atoms with van der Waals surface area (Å²) in [7, 11) is 2.93. The standard InChI is InChI=1S/C28H30F3N5O4S/c1-16-15-34(9-10-35(16)19-7-8-32-24(13-19)40-4)27-33-20-11-17(2)41-26(20)22(14-25(37)38)36(27)21-12-18(28(29,30)31)5-6-23(21)39-3/h5-8,11-13,16,22H,9-10,14-15H2,1-4H3,(H,37,38)/t16-,22-/m1/s1. The van der Waals surface area contributed by atoms with Gasteiger partial charge in [0.15, 0.2) is 0 Å². The van der Waals surface area contributed by atoms with E-state index in [0.717, 1.165) is 22.7 Å². The number of methoxy groups -OCH3 is 2. The van der Waals surface area contributed by atoms with Crippen LogP contribution in [0.5, 0.6) is 11.6 Å². The Kier molecular flexibility index (Phi) is 7.73. The monoisotopic (exact) mass is 589 g/mol. The largest absolute Gasteiger partial charge is 0.495 e. The Hall–Kier alpha value is -4.00. The number of pyridine rings is 1. The van der Waals surface area contributed by atoms with Gasteiger partial charge < -0.3 is 24.4 Å². The summed E-state index contributed by atoms with van der Waals surface area (Å²) in [6.45, 7) is 5.50. The molecule has 0 aliphatic carbocycles. The second-order valence-corrected chi connectivity index (χ2v) is 11.2. The van der Waals surface area contributed by atoms with Gasteiger partial charge in [0, 0.05) is 48.5 Å². The minimum atomic E-state index is -4.60. The molecule has 9 nitrogen and oxygen atoms in total. The molecule has 2 atom stereocenters. The molecule has 218 valence electrons. The zero-order valence-corrected chi connectivity index (χ0v) is 23.8. The summed E-state index contributed by atoms with van der Waals surface area (Å²) in [4.78, 5) is 28.7. The molecule has 1 N–H and O–H groups in total. The quantitative estimate of drug-likeness (QED) is 0.391. The van der Waals surface area contributed by atoms with Crippen LogP contribution in [-0.4, -0.2) is 66.8 Å². The number of halogens is 3. The topological polar surface area (TPSA) is 90.7 Å². The molecule has 0 saturated carbocycles. The molecule has 2 aliphatic rings. The number of aryl methyl sites for hydroxylation is 1. The van der Waals surface area contributed by atoms with Crippen LogP contribution in [-0.2, 0) is 11.0 Å². The lowest BCUT2D eigenvalue weighted by Crippen LogP contribution is -2.58. The molecule has 3 aromatic rings. The van der Waals surface area contributed by atoms with Crippen LogP contribution in [0, 0.1) is 6.92 Å². The molecule has 2 aliphatic heterocycles. The number of ether oxygens (including phenoxy) is 2. The number of guanidine groups is 1. The lowest BCUT2D eigenvalue weighted by molar-refractivity contribution is -0.138. The highest BCUT2D eigenvalue weighted by Gasteiger charge is 2.41. The number of aromatic nitrogens is 1. The Labute approximate surface area is 239 Å². The number of alkyl halides is 3. The lowest BCUT2D eigenvalue weighted by Gasteiger charge is -2.47. The molecule has 0 unspecified atom stereocenters. The number of nitrogens with zero attached hydrogens (tertiary/aromatic N) is 5. The first-order chi connectivity index (χ1) is 19.5. The van der Waals surface area contributed by atoms with Crippen molar-refractivity contribution in [2.24, 2.45) is 4.99 Å². The molecular weight excluding hydrogens is 559 g/mol. The number of hydrogen-bond acceptors (Lipinski definition) is 9. The van der Waals surface area contributed by atoms with Crippen LogP contribution < -0.4 is 19.3 Å². The predicted octanol–water partition coefficient (Wildman–Crippen LogP) is 5.72. The van der Waals surface area contributed by atoms with Gasteiger partial charge in [-0.25, -0.2) is 9.98 Å². The summed E-state index contributed by atoms with van der Waals surface area (Å²) in [6.07, 6.45) is -3.26. The van der Waals surface area contributed by atoms with Crippen molar-refractivity contribution >= 4 is 40.3 Å². The third kappa shape index (κ3) is 5.63. The second kappa shape index (κ2) is 11.1. The molecular formula is C28H30F3N5O4S. The molecule has 13 heteroatoms. The Bertz CT molecular complexity index is 1480. The van der Waals surface area contributed by atoms with Crippen molar-refractivity contribution in [3.8, 4) is 11.6 Å². The van der Waals surface area contributed by atoms with Crippen molar-refractivity contribution in [1.82, 2.24) is 9.88 Å². The molecule has 41 heavy (non-hydrogen) atoms. The molecule has 0 bridgehead atoms. The molecule has 4 heterocycles. The van der Waals surface area contributed by atoms with Crippen LogP contribution in [0.1, 0.15) is 34.7 Å². The first-order valence-corrected chi connectivity index (χ1v) is 13.8. The lowest BCUT2D eigenvalue weighted by atomic mass is 10.0. The SMILES string of the molecule is COc1cc(N2CCN(C3=Nc4cc(C)sc4[C@@H](CC(=O)O)N3c3cc(C(F)(F)F)ccc3OC)C[C@H]2C)ccn1. The smallest absolute Gasteiger partial charge is 0.416 e. The van der Waals surface area contributed by atoms with Gasteiger partial charge in [-0.15, -0.1) is 11.3 Å². The van der Waals surface area contributed by atoms with E-state index in [-0.39, 0.29) is 23.9 Å². The Balaban J connectivity index is 1.60. The Morgan fingerprint density at radius 2 is 1.93 bits per heavy atom. The van der Waals surface area contributed by atoms with Crippen molar-refractivity contribution < 1.29 is 32.5 Å². The van der Waals surface area contributed by atoms with Crippen LogP contribution in [0.25, 0.3) is 0 Å². The number of hydrogen-bond donors (Lipinski definition) is 1. The molecule has 0 amide bonds. The number of thiophene rings is 1. The number of piperazine rings is 1. The van der Waals surface area contributed by atoms with Crippen LogP contribution in [0.4, 0.5) is 30.2 Å². The van der Waals surface area contributed by atoms with E-state index in [1.165, 1.54) is 24.5 Å². The number of carbonyl (C=O) groups is 1. The summed E-state index contributed by atoms with van der Waals surface area (Å²) in [6, 6.07) is 8.07. The molecule has 1 saturated heterocycles. The first-order valence-electron chi connectivity index (χ1n) is 13.0. The van der Waals surface area contributed by atoms with Gasteiger partial charge in [-0.3, -0.25) is 9.69 Å². The number of carboxylic acids is 1. The zero-order chi connectivity index (χ0) is 29.5. The summed E-state index contributed by atoms with van der Waals surface area (Å²) in [5.41, 5.74) is 0.813. The van der Waals surface area contributed by atoms with Gasteiger partial charge in [0.1, 0.15) is 5.75 Å². The third-order valence-corrected chi connectivity index (χ3v) is 8.36. The maximum Gasteiger partial charge on any atom is 0.416 e. The summed E-state index contributed by atoms with van der Waals surface area (Å²) >= 11 is 1.39. The zero-order valence-electron chi connectivity index (χ0n) is 23.0. The fraction of sp³-hybridized carbons (Fsp3) is 0.393. The summed E-state index contributed by atoms with van der Waals surface area (Å²) < 4.78 is 52.4. The van der Waals surface area contributed by atoms with E-state index >= 15 is 0 Å². The minimum absolute atomic E-state index is 0.0210. The van der Waals surface area contributed by atoms with Crippen molar-refractivity contribution in [2.75, 3.05) is 43.7 Å². The average molecular weight is 590 g/mol. The van der Waals surface area contributed by atoms with Crippen molar-refractivity contribution in [3.63, 3.8) is 0 Å². The Morgan fingerprint density at radius 1 is 1.15 bits per heavy atom. The average Bonchev–Trinajstić information content (AvgIpc) is 3.32. The third-order valence-electron chi connectivity index (χ3n) is 7.22. The normalized spacial score (nSPS) is 19.1. The van der Waals surface area contributed by atoms with Gasteiger partial charge in [0.2, 0.25) is 11.8 Å². The number of fused-ring (bicyclic) bond motifs is 1. The fourth-order valence-electron chi connectivity index (χ4n) is 5.38.